The first-order chi connectivity index (χ1) is 18.5. The number of rotatable bonds is 6. The molecule has 1 aromatic carbocycles. The molecule has 2 aromatic rings. The van der Waals surface area contributed by atoms with Gasteiger partial charge < -0.3 is 24.8 Å². The van der Waals surface area contributed by atoms with Gasteiger partial charge in [-0.3, -0.25) is 19.3 Å². The Kier molecular flexibility index (Phi) is 8.41. The fraction of sp³-hybridized carbons (Fsp3) is 0.556. The minimum absolute atomic E-state index is 0.0474. The maximum absolute atomic E-state index is 13.7. The van der Waals surface area contributed by atoms with E-state index in [9.17, 15) is 33.1 Å². The van der Waals surface area contributed by atoms with Crippen LogP contribution in [0.15, 0.2) is 18.2 Å². The molecule has 12 heteroatoms. The highest BCUT2D eigenvalue weighted by Gasteiger charge is 2.37. The zero-order chi connectivity index (χ0) is 28.4. The van der Waals surface area contributed by atoms with Gasteiger partial charge in [0.2, 0.25) is 11.8 Å². The van der Waals surface area contributed by atoms with Crippen LogP contribution in [0.5, 0.6) is 0 Å². The number of nitrogens with one attached hydrogen (secondary N) is 1. The average molecular weight is 548 g/mol. The van der Waals surface area contributed by atoms with Gasteiger partial charge >= 0.3 is 6.09 Å². The number of carboxylic acid groups (broad SMARTS) is 1. The summed E-state index contributed by atoms with van der Waals surface area (Å²) < 4.78 is 29.0. The predicted octanol–water partition coefficient (Wildman–Crippen LogP) is 2.80. The van der Waals surface area contributed by atoms with E-state index in [0.717, 1.165) is 49.1 Å². The first-order valence-electron chi connectivity index (χ1n) is 13.3. The molecule has 0 radical (unpaired) electrons. The van der Waals surface area contributed by atoms with Gasteiger partial charge in [0.25, 0.3) is 5.91 Å². The number of nitrogens with zero attached hydrogens (tertiary/aromatic N) is 4. The van der Waals surface area contributed by atoms with E-state index in [2.05, 4.69) is 5.32 Å². The molecule has 4 amide bonds. The van der Waals surface area contributed by atoms with Gasteiger partial charge in [-0.25, -0.2) is 13.6 Å². The fourth-order valence-electron chi connectivity index (χ4n) is 5.49. The Bertz CT molecular complexity index is 1270. The quantitative estimate of drug-likeness (QED) is 0.577. The molecule has 4 rings (SSSR count). The lowest BCUT2D eigenvalue weighted by molar-refractivity contribution is -0.140. The van der Waals surface area contributed by atoms with Crippen LogP contribution in [0.25, 0.3) is 10.9 Å². The van der Waals surface area contributed by atoms with Gasteiger partial charge in [-0.1, -0.05) is 19.3 Å². The van der Waals surface area contributed by atoms with Gasteiger partial charge in [0, 0.05) is 51.7 Å². The van der Waals surface area contributed by atoms with E-state index in [1.807, 2.05) is 0 Å². The van der Waals surface area contributed by atoms with Gasteiger partial charge in [0.15, 0.2) is 11.6 Å². The summed E-state index contributed by atoms with van der Waals surface area (Å²) in [5.41, 5.74) is 0.693. The summed E-state index contributed by atoms with van der Waals surface area (Å²) in [5, 5.41) is 12.5. The maximum Gasteiger partial charge on any atom is 0.407 e. The highest BCUT2D eigenvalue weighted by molar-refractivity contribution is 5.99. The lowest BCUT2D eigenvalue weighted by Gasteiger charge is -2.39. The Morgan fingerprint density at radius 2 is 1.56 bits per heavy atom. The van der Waals surface area contributed by atoms with Gasteiger partial charge in [0.05, 0.1) is 5.52 Å². The molecule has 2 N–H and O–H groups in total. The summed E-state index contributed by atoms with van der Waals surface area (Å²) in [6.07, 6.45) is 3.32. The zero-order valence-electron chi connectivity index (χ0n) is 22.5. The number of amides is 4. The van der Waals surface area contributed by atoms with Crippen molar-refractivity contribution in [2.75, 3.05) is 33.2 Å². The van der Waals surface area contributed by atoms with E-state index < -0.39 is 35.7 Å². The minimum Gasteiger partial charge on any atom is -0.465 e. The molecule has 2 fully saturated rings. The standard InChI is InChI=1S/C27H35F2N5O5/c1-16(31(2)27(38)39)24(35)30-23(17-7-5-4-6-8-17)26(37)34-11-9-33(10-12-34)25(36)22-14-18-13-19(28)20(29)15-21(18)32(22)3/h13-17,23H,4-12H2,1-3H3,(H,30,35)(H,38,39)/t16?,23-/m0/s1. The molecule has 10 nitrogen and oxygen atoms in total. The van der Waals surface area contributed by atoms with Crippen LogP contribution in [-0.4, -0.2) is 93.5 Å². The Hall–Kier alpha value is -3.70. The number of piperazine rings is 1. The van der Waals surface area contributed by atoms with Crippen LogP contribution in [0, 0.1) is 17.6 Å². The number of aromatic nitrogens is 1. The number of likely N-dealkylation sites (N-methyl/N-ethyl adjacent to an activating group) is 1. The van der Waals surface area contributed by atoms with Crippen molar-refractivity contribution in [1.82, 2.24) is 24.6 Å². The number of aryl methyl sites for hydroxylation is 1. The molecule has 2 atom stereocenters. The number of halogens is 2. The molecule has 1 aliphatic carbocycles. The Balaban J connectivity index is 1.44. The van der Waals surface area contributed by atoms with E-state index in [0.29, 0.717) is 16.6 Å². The second-order valence-electron chi connectivity index (χ2n) is 10.5. The van der Waals surface area contributed by atoms with Crippen LogP contribution in [0.4, 0.5) is 13.6 Å². The summed E-state index contributed by atoms with van der Waals surface area (Å²) in [4.78, 5) is 55.2. The van der Waals surface area contributed by atoms with Crippen molar-refractivity contribution in [1.29, 1.82) is 0 Å². The number of carbonyl (C=O) groups excluding carboxylic acids is 3. The topological polar surface area (TPSA) is 115 Å². The van der Waals surface area contributed by atoms with Gasteiger partial charge in [-0.05, 0) is 37.8 Å². The van der Waals surface area contributed by atoms with Crippen LogP contribution < -0.4 is 5.32 Å². The third-order valence-corrected chi connectivity index (χ3v) is 8.13. The van der Waals surface area contributed by atoms with Gasteiger partial charge in [-0.15, -0.1) is 0 Å². The molecule has 0 bridgehead atoms. The summed E-state index contributed by atoms with van der Waals surface area (Å²) >= 11 is 0. The van der Waals surface area contributed by atoms with Crippen molar-refractivity contribution in [3.8, 4) is 0 Å². The average Bonchev–Trinajstić information content (AvgIpc) is 3.25. The van der Waals surface area contributed by atoms with Crippen molar-refractivity contribution in [3.05, 3.63) is 35.5 Å². The molecule has 1 unspecified atom stereocenters. The lowest BCUT2D eigenvalue weighted by atomic mass is 9.83. The van der Waals surface area contributed by atoms with Gasteiger partial charge in [0.1, 0.15) is 17.8 Å². The summed E-state index contributed by atoms with van der Waals surface area (Å²) in [6.45, 7) is 2.53. The third kappa shape index (κ3) is 5.84. The molecule has 2 aliphatic rings. The molecule has 1 aliphatic heterocycles. The summed E-state index contributed by atoms with van der Waals surface area (Å²) in [5.74, 6) is -3.08. The van der Waals surface area contributed by atoms with E-state index in [4.69, 9.17) is 0 Å². The highest BCUT2D eigenvalue weighted by atomic mass is 19.2. The smallest absolute Gasteiger partial charge is 0.407 e. The number of hydrogen-bond donors (Lipinski definition) is 2. The number of fused-ring (bicyclic) bond motifs is 1. The van der Waals surface area contributed by atoms with E-state index in [-0.39, 0.29) is 43.9 Å². The molecule has 1 aromatic heterocycles. The fourth-order valence-corrected chi connectivity index (χ4v) is 5.49. The second-order valence-corrected chi connectivity index (χ2v) is 10.5. The van der Waals surface area contributed by atoms with Crippen molar-refractivity contribution in [2.24, 2.45) is 13.0 Å². The maximum atomic E-state index is 13.7. The predicted molar refractivity (Wildman–Crippen MR) is 139 cm³/mol. The zero-order valence-corrected chi connectivity index (χ0v) is 22.5. The highest BCUT2D eigenvalue weighted by Crippen LogP contribution is 2.28. The minimum atomic E-state index is -1.24. The second kappa shape index (κ2) is 11.6. The van der Waals surface area contributed by atoms with Crippen LogP contribution in [-0.2, 0) is 16.6 Å². The van der Waals surface area contributed by atoms with Crippen molar-refractivity contribution in [3.63, 3.8) is 0 Å². The normalized spacial score (nSPS) is 18.1. The first-order valence-corrected chi connectivity index (χ1v) is 13.3. The number of hydrogen-bond acceptors (Lipinski definition) is 4. The van der Waals surface area contributed by atoms with Crippen molar-refractivity contribution in [2.45, 2.75) is 51.1 Å². The van der Waals surface area contributed by atoms with Crippen LogP contribution in [0.2, 0.25) is 0 Å². The molecular weight excluding hydrogens is 512 g/mol. The molecule has 1 saturated carbocycles. The molecule has 212 valence electrons. The van der Waals surface area contributed by atoms with Crippen molar-refractivity contribution < 1.29 is 33.1 Å². The first kappa shape index (κ1) is 28.3. The van der Waals surface area contributed by atoms with Crippen LogP contribution in [0.3, 0.4) is 0 Å². The third-order valence-electron chi connectivity index (χ3n) is 8.13. The Labute approximate surface area is 225 Å². The number of carbonyl (C=O) groups is 4. The van der Waals surface area contributed by atoms with Crippen molar-refractivity contribution >= 4 is 34.7 Å². The monoisotopic (exact) mass is 547 g/mol. The van der Waals surface area contributed by atoms with Crippen LogP contribution >= 0.6 is 0 Å². The van der Waals surface area contributed by atoms with E-state index in [1.54, 1.807) is 16.8 Å². The molecule has 39 heavy (non-hydrogen) atoms. The van der Waals surface area contributed by atoms with Gasteiger partial charge in [-0.2, -0.15) is 0 Å². The Morgan fingerprint density at radius 3 is 2.18 bits per heavy atom. The molecular formula is C27H35F2N5O5. The van der Waals surface area contributed by atoms with Crippen LogP contribution in [0.1, 0.15) is 49.5 Å². The summed E-state index contributed by atoms with van der Waals surface area (Å²) in [6, 6.07) is 1.92. The summed E-state index contributed by atoms with van der Waals surface area (Å²) in [7, 11) is 2.93. The van der Waals surface area contributed by atoms with E-state index >= 15 is 0 Å². The molecule has 2 heterocycles. The number of benzene rings is 1. The Morgan fingerprint density at radius 1 is 0.974 bits per heavy atom. The SMILES string of the molecule is CC(C(=O)N[C@H](C(=O)N1CCN(C(=O)c2cc3cc(F)c(F)cc3n2C)CC1)C1CCCCC1)N(C)C(=O)O. The van der Waals surface area contributed by atoms with E-state index in [1.165, 1.54) is 24.6 Å². The largest absolute Gasteiger partial charge is 0.465 e. The molecule has 1 saturated heterocycles. The lowest BCUT2D eigenvalue weighted by Crippen LogP contribution is -2.59. The molecule has 0 spiro atoms.